The van der Waals surface area contributed by atoms with E-state index in [4.69, 9.17) is 4.74 Å². The standard InChI is InChI=1S/C24H39N5O2.HI/c1-19(22(30)28-12-6-7-13-28)27-14-16-29(17-15-27)23(25-4)26-18-24(2,3)20-8-10-21(31-5)11-9-20;/h8-11,19H,6-7,12-18H2,1-5H3,(H,25,26);1H. The number of carbonyl (C=O) groups is 1. The van der Waals surface area contributed by atoms with Gasteiger partial charge in [-0.2, -0.15) is 0 Å². The first-order valence-electron chi connectivity index (χ1n) is 11.5. The number of nitrogens with one attached hydrogen (secondary N) is 1. The molecule has 32 heavy (non-hydrogen) atoms. The van der Waals surface area contributed by atoms with E-state index >= 15 is 0 Å². The Morgan fingerprint density at radius 1 is 1.06 bits per heavy atom. The molecular weight excluding hydrogens is 517 g/mol. The molecule has 1 N–H and O–H groups in total. The van der Waals surface area contributed by atoms with Gasteiger partial charge in [0.1, 0.15) is 5.75 Å². The predicted molar refractivity (Wildman–Crippen MR) is 141 cm³/mol. The molecule has 0 aromatic heterocycles. The topological polar surface area (TPSA) is 60.4 Å². The Balaban J connectivity index is 0.00000363. The molecule has 1 unspecified atom stereocenters. The van der Waals surface area contributed by atoms with Gasteiger partial charge in [-0.05, 0) is 37.5 Å². The molecule has 7 nitrogen and oxygen atoms in total. The molecule has 0 bridgehead atoms. The molecule has 2 heterocycles. The van der Waals surface area contributed by atoms with Crippen LogP contribution in [0, 0.1) is 0 Å². The number of amides is 1. The van der Waals surface area contributed by atoms with Crippen LogP contribution in [0.5, 0.6) is 5.75 Å². The van der Waals surface area contributed by atoms with Gasteiger partial charge in [0, 0.05) is 58.3 Å². The number of hydrogen-bond donors (Lipinski definition) is 1. The fourth-order valence-corrected chi connectivity index (χ4v) is 4.46. The lowest BCUT2D eigenvalue weighted by Crippen LogP contribution is -2.57. The average Bonchev–Trinajstić information content (AvgIpc) is 3.34. The first-order valence-corrected chi connectivity index (χ1v) is 11.5. The summed E-state index contributed by atoms with van der Waals surface area (Å²) in [6, 6.07) is 8.23. The van der Waals surface area contributed by atoms with Crippen molar-refractivity contribution in [3.63, 3.8) is 0 Å². The van der Waals surface area contributed by atoms with E-state index in [1.54, 1.807) is 7.11 Å². The number of methoxy groups -OCH3 is 1. The summed E-state index contributed by atoms with van der Waals surface area (Å²) in [5, 5.41) is 3.57. The summed E-state index contributed by atoms with van der Waals surface area (Å²) in [7, 11) is 3.53. The fourth-order valence-electron chi connectivity index (χ4n) is 4.46. The van der Waals surface area contributed by atoms with Crippen molar-refractivity contribution in [3.05, 3.63) is 29.8 Å². The van der Waals surface area contributed by atoms with Crippen LogP contribution in [0.3, 0.4) is 0 Å². The highest BCUT2D eigenvalue weighted by molar-refractivity contribution is 14.0. The number of benzene rings is 1. The maximum Gasteiger partial charge on any atom is 0.239 e. The number of piperazine rings is 1. The van der Waals surface area contributed by atoms with Crippen molar-refractivity contribution in [2.75, 3.05) is 60.0 Å². The number of ether oxygens (including phenoxy) is 1. The van der Waals surface area contributed by atoms with Crippen molar-refractivity contribution in [1.29, 1.82) is 0 Å². The molecule has 2 aliphatic heterocycles. The third kappa shape index (κ3) is 6.50. The number of halogens is 1. The average molecular weight is 558 g/mol. The summed E-state index contributed by atoms with van der Waals surface area (Å²) >= 11 is 0. The van der Waals surface area contributed by atoms with Crippen molar-refractivity contribution < 1.29 is 9.53 Å². The Hall–Kier alpha value is -1.55. The second-order valence-electron chi connectivity index (χ2n) is 9.24. The number of carbonyl (C=O) groups excluding carboxylic acids is 1. The van der Waals surface area contributed by atoms with E-state index in [2.05, 4.69) is 53.0 Å². The molecule has 0 aliphatic carbocycles. The van der Waals surface area contributed by atoms with Gasteiger partial charge in [0.05, 0.1) is 13.2 Å². The molecule has 1 aromatic rings. The lowest BCUT2D eigenvalue weighted by molar-refractivity contribution is -0.135. The molecule has 0 saturated carbocycles. The van der Waals surface area contributed by atoms with Crippen molar-refractivity contribution >= 4 is 35.8 Å². The summed E-state index contributed by atoms with van der Waals surface area (Å²) in [5.74, 6) is 2.09. The number of likely N-dealkylation sites (tertiary alicyclic amines) is 1. The number of hydrogen-bond acceptors (Lipinski definition) is 4. The summed E-state index contributed by atoms with van der Waals surface area (Å²) < 4.78 is 5.28. The Kier molecular flexibility index (Phi) is 10.1. The van der Waals surface area contributed by atoms with E-state index in [0.29, 0.717) is 0 Å². The van der Waals surface area contributed by atoms with Crippen LogP contribution in [0.25, 0.3) is 0 Å². The highest BCUT2D eigenvalue weighted by atomic mass is 127. The fraction of sp³-hybridized carbons (Fsp3) is 0.667. The zero-order chi connectivity index (χ0) is 22.4. The monoisotopic (exact) mass is 557 g/mol. The molecule has 1 amide bonds. The number of guanidine groups is 1. The quantitative estimate of drug-likeness (QED) is 0.331. The molecule has 1 aromatic carbocycles. The maximum atomic E-state index is 12.7. The largest absolute Gasteiger partial charge is 0.497 e. The zero-order valence-electron chi connectivity index (χ0n) is 20.3. The third-order valence-electron chi connectivity index (χ3n) is 6.71. The van der Waals surface area contributed by atoms with Gasteiger partial charge in [0.2, 0.25) is 5.91 Å². The van der Waals surface area contributed by atoms with Gasteiger partial charge >= 0.3 is 0 Å². The number of rotatable bonds is 6. The van der Waals surface area contributed by atoms with Crippen LogP contribution in [0.15, 0.2) is 29.3 Å². The van der Waals surface area contributed by atoms with Crippen LogP contribution in [-0.4, -0.2) is 92.6 Å². The summed E-state index contributed by atoms with van der Waals surface area (Å²) in [5.41, 5.74) is 1.22. The minimum absolute atomic E-state index is 0. The van der Waals surface area contributed by atoms with E-state index < -0.39 is 0 Å². The van der Waals surface area contributed by atoms with Gasteiger partial charge in [0.25, 0.3) is 0 Å². The lowest BCUT2D eigenvalue weighted by Gasteiger charge is -2.40. The van der Waals surface area contributed by atoms with Gasteiger partial charge in [-0.15, -0.1) is 24.0 Å². The molecule has 2 fully saturated rings. The minimum Gasteiger partial charge on any atom is -0.497 e. The predicted octanol–water partition coefficient (Wildman–Crippen LogP) is 2.79. The van der Waals surface area contributed by atoms with Crippen molar-refractivity contribution in [2.24, 2.45) is 4.99 Å². The SMILES string of the molecule is CN=C(NCC(C)(C)c1ccc(OC)cc1)N1CCN(C(C)C(=O)N2CCCC2)CC1.I. The molecule has 0 radical (unpaired) electrons. The summed E-state index contributed by atoms with van der Waals surface area (Å²) in [4.78, 5) is 23.9. The maximum absolute atomic E-state index is 12.7. The smallest absolute Gasteiger partial charge is 0.239 e. The van der Waals surface area contributed by atoms with Gasteiger partial charge in [-0.25, -0.2) is 0 Å². The van der Waals surface area contributed by atoms with Crippen molar-refractivity contribution in [2.45, 2.75) is 45.1 Å². The van der Waals surface area contributed by atoms with Gasteiger partial charge < -0.3 is 19.9 Å². The molecular formula is C24H40IN5O2. The van der Waals surface area contributed by atoms with E-state index in [1.165, 1.54) is 5.56 Å². The Morgan fingerprint density at radius 3 is 2.19 bits per heavy atom. The van der Waals surface area contributed by atoms with Crippen molar-refractivity contribution in [3.8, 4) is 5.75 Å². The van der Waals surface area contributed by atoms with E-state index in [0.717, 1.165) is 70.4 Å². The first kappa shape index (κ1) is 26.7. The summed E-state index contributed by atoms with van der Waals surface area (Å²) in [6.07, 6.45) is 2.28. The van der Waals surface area contributed by atoms with Crippen LogP contribution in [0.1, 0.15) is 39.2 Å². The highest BCUT2D eigenvalue weighted by Gasteiger charge is 2.31. The molecule has 8 heteroatoms. The number of aliphatic imine (C=N–C) groups is 1. The second-order valence-corrected chi connectivity index (χ2v) is 9.24. The van der Waals surface area contributed by atoms with Crippen molar-refractivity contribution in [1.82, 2.24) is 20.0 Å². The van der Waals surface area contributed by atoms with Gasteiger partial charge in [0.15, 0.2) is 5.96 Å². The second kappa shape index (κ2) is 12.1. The van der Waals surface area contributed by atoms with E-state index in [-0.39, 0.29) is 41.3 Å². The Morgan fingerprint density at radius 2 is 1.66 bits per heavy atom. The van der Waals surface area contributed by atoms with Crippen LogP contribution in [0.4, 0.5) is 0 Å². The van der Waals surface area contributed by atoms with E-state index in [1.807, 2.05) is 24.1 Å². The minimum atomic E-state index is -0.0410. The zero-order valence-corrected chi connectivity index (χ0v) is 22.6. The van der Waals surface area contributed by atoms with Crippen LogP contribution < -0.4 is 10.1 Å². The highest BCUT2D eigenvalue weighted by Crippen LogP contribution is 2.24. The van der Waals surface area contributed by atoms with E-state index in [9.17, 15) is 4.79 Å². The Labute approximate surface area is 210 Å². The molecule has 2 saturated heterocycles. The van der Waals surface area contributed by atoms with Crippen LogP contribution in [0.2, 0.25) is 0 Å². The summed E-state index contributed by atoms with van der Waals surface area (Å²) in [6.45, 7) is 12.7. The molecule has 180 valence electrons. The van der Waals surface area contributed by atoms with Gasteiger partial charge in [-0.3, -0.25) is 14.7 Å². The molecule has 3 rings (SSSR count). The Bertz CT molecular complexity index is 754. The molecule has 1 atom stereocenters. The van der Waals surface area contributed by atoms with Gasteiger partial charge in [-0.1, -0.05) is 26.0 Å². The van der Waals surface area contributed by atoms with Crippen LogP contribution >= 0.6 is 24.0 Å². The third-order valence-corrected chi connectivity index (χ3v) is 6.71. The molecule has 2 aliphatic rings. The van der Waals surface area contributed by atoms with Crippen LogP contribution in [-0.2, 0) is 10.2 Å². The molecule has 0 spiro atoms. The lowest BCUT2D eigenvalue weighted by atomic mass is 9.84. The normalized spacial score (nSPS) is 18.8. The number of nitrogens with zero attached hydrogens (tertiary/aromatic N) is 4. The first-order chi connectivity index (χ1) is 14.9.